The molecule has 1 aromatic carbocycles. The highest BCUT2D eigenvalue weighted by atomic mass is 35.5. The first-order valence-electron chi connectivity index (χ1n) is 6.48. The van der Waals surface area contributed by atoms with Gasteiger partial charge in [0.25, 0.3) is 0 Å². The summed E-state index contributed by atoms with van der Waals surface area (Å²) >= 11 is 0. The molecule has 3 N–H and O–H groups in total. The number of amides is 1. The predicted molar refractivity (Wildman–Crippen MR) is 85.2 cm³/mol. The molecule has 1 amide bonds. The summed E-state index contributed by atoms with van der Waals surface area (Å²) in [4.78, 5) is 11.5. The summed E-state index contributed by atoms with van der Waals surface area (Å²) in [5, 5.41) is 2.66. The molecule has 0 aliphatic heterocycles. The summed E-state index contributed by atoms with van der Waals surface area (Å²) in [5.74, 6) is 1.59. The largest absolute Gasteiger partial charge is 0.496 e. The number of carbonyl (C=O) groups is 1. The van der Waals surface area contributed by atoms with E-state index in [4.69, 9.17) is 24.7 Å². The molecule has 0 saturated carbocycles. The number of benzene rings is 1. The van der Waals surface area contributed by atoms with Crippen LogP contribution >= 0.6 is 12.4 Å². The van der Waals surface area contributed by atoms with Crippen molar-refractivity contribution in [2.24, 2.45) is 5.73 Å². The quantitative estimate of drug-likeness (QED) is 0.642. The first-order valence-corrected chi connectivity index (χ1v) is 6.48. The Morgan fingerprint density at radius 2 is 1.68 bits per heavy atom. The van der Waals surface area contributed by atoms with Crippen LogP contribution in [0.3, 0.4) is 0 Å². The second-order valence-electron chi connectivity index (χ2n) is 4.25. The van der Waals surface area contributed by atoms with Gasteiger partial charge in [-0.05, 0) is 0 Å². The molecule has 0 aliphatic carbocycles. The zero-order valence-corrected chi connectivity index (χ0v) is 13.8. The van der Waals surface area contributed by atoms with Crippen molar-refractivity contribution < 1.29 is 23.7 Å². The summed E-state index contributed by atoms with van der Waals surface area (Å²) in [7, 11) is 4.62. The summed E-state index contributed by atoms with van der Waals surface area (Å²) in [6.45, 7) is 0.831. The third-order valence-electron chi connectivity index (χ3n) is 2.68. The summed E-state index contributed by atoms with van der Waals surface area (Å²) in [6, 6.07) is 4.55. The van der Waals surface area contributed by atoms with Crippen molar-refractivity contribution in [1.29, 1.82) is 0 Å². The maximum Gasteiger partial charge on any atom is 0.239 e. The van der Waals surface area contributed by atoms with Gasteiger partial charge < -0.3 is 30.0 Å². The lowest BCUT2D eigenvalue weighted by molar-refractivity contribution is -0.123. The summed E-state index contributed by atoms with van der Waals surface area (Å²) in [5.41, 5.74) is 5.59. The van der Waals surface area contributed by atoms with Crippen LogP contribution in [0.25, 0.3) is 0 Å². The van der Waals surface area contributed by atoms with E-state index in [9.17, 15) is 4.79 Å². The zero-order chi connectivity index (χ0) is 15.7. The van der Waals surface area contributed by atoms with Crippen molar-refractivity contribution >= 4 is 18.3 Å². The third-order valence-corrected chi connectivity index (χ3v) is 2.68. The lowest BCUT2D eigenvalue weighted by Gasteiger charge is -2.13. The topological polar surface area (TPSA) is 92.0 Å². The molecule has 1 aromatic rings. The van der Waals surface area contributed by atoms with Crippen LogP contribution in [-0.2, 0) is 9.53 Å². The average molecular weight is 335 g/mol. The molecule has 7 nitrogen and oxygen atoms in total. The molecule has 0 aromatic heterocycles. The first-order chi connectivity index (χ1) is 10.1. The highest BCUT2D eigenvalue weighted by Gasteiger charge is 2.12. The van der Waals surface area contributed by atoms with Gasteiger partial charge in [-0.3, -0.25) is 4.79 Å². The minimum atomic E-state index is -0.674. The Morgan fingerprint density at radius 1 is 1.14 bits per heavy atom. The Balaban J connectivity index is 0.00000441. The van der Waals surface area contributed by atoms with E-state index in [0.717, 1.165) is 0 Å². The van der Waals surface area contributed by atoms with Crippen LogP contribution in [0.1, 0.15) is 0 Å². The van der Waals surface area contributed by atoms with E-state index in [1.54, 1.807) is 32.4 Å². The Kier molecular flexibility index (Phi) is 10.1. The van der Waals surface area contributed by atoms with Crippen molar-refractivity contribution in [3.05, 3.63) is 18.2 Å². The third kappa shape index (κ3) is 6.84. The van der Waals surface area contributed by atoms with E-state index >= 15 is 0 Å². The molecule has 0 radical (unpaired) electrons. The van der Waals surface area contributed by atoms with Gasteiger partial charge in [-0.15, -0.1) is 12.4 Å². The second-order valence-corrected chi connectivity index (χ2v) is 4.25. The van der Waals surface area contributed by atoms with Crippen molar-refractivity contribution in [2.75, 3.05) is 41.1 Å². The van der Waals surface area contributed by atoms with Crippen molar-refractivity contribution in [3.8, 4) is 17.2 Å². The Bertz CT molecular complexity index is 437. The van der Waals surface area contributed by atoms with Crippen molar-refractivity contribution in [2.45, 2.75) is 6.04 Å². The highest BCUT2D eigenvalue weighted by Crippen LogP contribution is 2.27. The van der Waals surface area contributed by atoms with Crippen LogP contribution in [0.4, 0.5) is 0 Å². The lowest BCUT2D eigenvalue weighted by Crippen LogP contribution is -2.44. The van der Waals surface area contributed by atoms with E-state index in [0.29, 0.717) is 30.4 Å². The fraction of sp³-hybridized carbons (Fsp3) is 0.500. The Labute approximate surface area is 136 Å². The molecule has 0 spiro atoms. The van der Waals surface area contributed by atoms with E-state index in [1.807, 2.05) is 0 Å². The zero-order valence-electron chi connectivity index (χ0n) is 13.0. The number of methoxy groups -OCH3 is 3. The van der Waals surface area contributed by atoms with Crippen LogP contribution in [0, 0.1) is 0 Å². The monoisotopic (exact) mass is 334 g/mol. The molecule has 1 rings (SSSR count). The standard InChI is InChI=1S/C14H22N2O5.ClH/c1-18-9-13(15)14(17)16-4-5-21-12-7-10(19-2)6-11(8-12)20-3;/h6-8,13H,4-5,9,15H2,1-3H3,(H,16,17);1H. The van der Waals surface area contributed by atoms with Gasteiger partial charge in [0.1, 0.15) is 29.9 Å². The number of nitrogens with two attached hydrogens (primary N) is 1. The van der Waals surface area contributed by atoms with Crippen LogP contribution in [-0.4, -0.2) is 53.0 Å². The van der Waals surface area contributed by atoms with E-state index in [2.05, 4.69) is 5.32 Å². The van der Waals surface area contributed by atoms with Crippen molar-refractivity contribution in [1.82, 2.24) is 5.32 Å². The number of rotatable bonds is 9. The lowest BCUT2D eigenvalue weighted by atomic mass is 10.3. The fourth-order valence-corrected chi connectivity index (χ4v) is 1.59. The van der Waals surface area contributed by atoms with Crippen LogP contribution < -0.4 is 25.3 Å². The molecule has 8 heteroatoms. The van der Waals surface area contributed by atoms with Crippen molar-refractivity contribution in [3.63, 3.8) is 0 Å². The smallest absolute Gasteiger partial charge is 0.239 e. The molecule has 0 aliphatic rings. The van der Waals surface area contributed by atoms with Crippen LogP contribution in [0.5, 0.6) is 17.2 Å². The van der Waals surface area contributed by atoms with Gasteiger partial charge in [-0.25, -0.2) is 0 Å². The number of halogens is 1. The van der Waals surface area contributed by atoms with Crippen LogP contribution in [0.2, 0.25) is 0 Å². The van der Waals surface area contributed by atoms with Gasteiger partial charge in [0, 0.05) is 25.3 Å². The number of nitrogens with one attached hydrogen (secondary N) is 1. The maximum atomic E-state index is 11.5. The van der Waals surface area contributed by atoms with Gasteiger partial charge in [0.05, 0.1) is 27.4 Å². The van der Waals surface area contributed by atoms with Gasteiger partial charge in [0.15, 0.2) is 0 Å². The highest BCUT2D eigenvalue weighted by molar-refractivity contribution is 5.85. The molecule has 126 valence electrons. The normalized spacial score (nSPS) is 11.1. The maximum absolute atomic E-state index is 11.5. The van der Waals surface area contributed by atoms with E-state index < -0.39 is 6.04 Å². The number of hydrogen-bond acceptors (Lipinski definition) is 6. The van der Waals surface area contributed by atoms with E-state index in [1.165, 1.54) is 7.11 Å². The minimum Gasteiger partial charge on any atom is -0.496 e. The first kappa shape index (κ1) is 20.3. The molecule has 0 fully saturated rings. The summed E-state index contributed by atoms with van der Waals surface area (Å²) < 4.78 is 20.6. The Morgan fingerprint density at radius 3 is 2.18 bits per heavy atom. The molecule has 22 heavy (non-hydrogen) atoms. The number of hydrogen-bond donors (Lipinski definition) is 2. The number of ether oxygens (including phenoxy) is 4. The molecule has 0 heterocycles. The average Bonchev–Trinajstić information content (AvgIpc) is 2.51. The molecule has 0 saturated heterocycles. The number of carbonyl (C=O) groups excluding carboxylic acids is 1. The summed E-state index contributed by atoms with van der Waals surface area (Å²) in [6.07, 6.45) is 0. The van der Waals surface area contributed by atoms with E-state index in [-0.39, 0.29) is 24.9 Å². The Hall–Kier alpha value is -1.70. The van der Waals surface area contributed by atoms with Crippen LogP contribution in [0.15, 0.2) is 18.2 Å². The minimum absolute atomic E-state index is 0. The van der Waals surface area contributed by atoms with Gasteiger partial charge in [-0.1, -0.05) is 0 Å². The molecule has 1 unspecified atom stereocenters. The predicted octanol–water partition coefficient (Wildman–Crippen LogP) is 0.594. The van der Waals surface area contributed by atoms with Gasteiger partial charge in [-0.2, -0.15) is 0 Å². The second kappa shape index (κ2) is 10.9. The molecule has 0 bridgehead atoms. The van der Waals surface area contributed by atoms with Gasteiger partial charge >= 0.3 is 0 Å². The SMILES string of the molecule is COCC(N)C(=O)NCCOc1cc(OC)cc(OC)c1.Cl. The molecule has 1 atom stereocenters. The fourth-order valence-electron chi connectivity index (χ4n) is 1.59. The molecular weight excluding hydrogens is 312 g/mol. The molecular formula is C14H23ClN2O5. The van der Waals surface area contributed by atoms with Gasteiger partial charge in [0.2, 0.25) is 5.91 Å².